The minimum Gasteiger partial charge on any atom is -0.356 e. The average Bonchev–Trinajstić information content (AvgIpc) is 2.35. The summed E-state index contributed by atoms with van der Waals surface area (Å²) in [5, 5.41) is 3.27. The van der Waals surface area contributed by atoms with E-state index in [1.807, 2.05) is 0 Å². The van der Waals surface area contributed by atoms with Gasteiger partial charge in [-0.25, -0.2) is 0 Å². The molecule has 0 bridgehead atoms. The van der Waals surface area contributed by atoms with Gasteiger partial charge in [0.05, 0.1) is 0 Å². The van der Waals surface area contributed by atoms with Crippen molar-refractivity contribution in [3.63, 3.8) is 0 Å². The fourth-order valence-electron chi connectivity index (χ4n) is 2.06. The van der Waals surface area contributed by atoms with Gasteiger partial charge in [-0.05, 0) is 18.8 Å². The van der Waals surface area contributed by atoms with E-state index in [-0.39, 0.29) is 29.9 Å². The molecule has 1 fully saturated rings. The van der Waals surface area contributed by atoms with Crippen molar-refractivity contribution in [1.29, 1.82) is 0 Å². The number of rotatable bonds is 3. The van der Waals surface area contributed by atoms with Crippen LogP contribution in [0.1, 0.15) is 26.2 Å². The smallest absolute Gasteiger partial charge is 0.223 e. The maximum atomic E-state index is 11.5. The zero-order valence-corrected chi connectivity index (χ0v) is 14.8. The average molecular weight is 382 g/mol. The van der Waals surface area contributed by atoms with Gasteiger partial charge in [0.2, 0.25) is 5.91 Å². The van der Waals surface area contributed by atoms with Crippen LogP contribution in [0, 0.1) is 5.92 Å². The lowest BCUT2D eigenvalue weighted by atomic mass is 10.00. The quantitative estimate of drug-likeness (QED) is 0.456. The summed E-state index contributed by atoms with van der Waals surface area (Å²) >= 11 is 0. The summed E-state index contributed by atoms with van der Waals surface area (Å²) in [4.78, 5) is 19.6. The van der Waals surface area contributed by atoms with Gasteiger partial charge in [0.1, 0.15) is 0 Å². The molecule has 0 radical (unpaired) electrons. The number of carbonyl (C=O) groups is 1. The number of guanidine groups is 1. The Morgan fingerprint density at radius 1 is 1.37 bits per heavy atom. The van der Waals surface area contributed by atoms with Crippen molar-refractivity contribution in [2.24, 2.45) is 10.9 Å². The lowest BCUT2D eigenvalue weighted by Crippen LogP contribution is -2.46. The molecule has 0 unspecified atom stereocenters. The number of amides is 1. The minimum absolute atomic E-state index is 0. The monoisotopic (exact) mass is 382 g/mol. The number of hydrogen-bond acceptors (Lipinski definition) is 2. The van der Waals surface area contributed by atoms with Crippen molar-refractivity contribution < 1.29 is 4.79 Å². The second-order valence-corrected chi connectivity index (χ2v) is 5.18. The highest BCUT2D eigenvalue weighted by Gasteiger charge is 2.18. The van der Waals surface area contributed by atoms with Crippen molar-refractivity contribution >= 4 is 35.8 Å². The molecule has 0 aromatic carbocycles. The number of piperidine rings is 1. The van der Waals surface area contributed by atoms with Crippen LogP contribution in [0.2, 0.25) is 0 Å². The van der Waals surface area contributed by atoms with Crippen LogP contribution in [0.3, 0.4) is 0 Å². The summed E-state index contributed by atoms with van der Waals surface area (Å²) in [7, 11) is 5.36. The van der Waals surface area contributed by atoms with Crippen LogP contribution in [0.4, 0.5) is 0 Å². The lowest BCUT2D eigenvalue weighted by molar-refractivity contribution is -0.128. The molecular formula is C13H27IN4O. The Bertz CT molecular complexity index is 299. The van der Waals surface area contributed by atoms with Crippen LogP contribution in [-0.4, -0.2) is 62.4 Å². The molecule has 1 amide bonds. The first-order valence-electron chi connectivity index (χ1n) is 6.70. The third-order valence-corrected chi connectivity index (χ3v) is 3.42. The molecule has 112 valence electrons. The van der Waals surface area contributed by atoms with Gasteiger partial charge in [0.15, 0.2) is 5.96 Å². The van der Waals surface area contributed by atoms with Gasteiger partial charge < -0.3 is 15.1 Å². The molecule has 19 heavy (non-hydrogen) atoms. The molecule has 5 nitrogen and oxygen atoms in total. The topological polar surface area (TPSA) is 47.9 Å². The highest BCUT2D eigenvalue weighted by atomic mass is 127. The Kier molecular flexibility index (Phi) is 9.12. The van der Waals surface area contributed by atoms with Gasteiger partial charge in [-0.2, -0.15) is 0 Å². The first kappa shape index (κ1) is 18.5. The maximum Gasteiger partial charge on any atom is 0.223 e. The molecule has 1 heterocycles. The maximum absolute atomic E-state index is 11.5. The molecule has 0 aromatic heterocycles. The predicted octanol–water partition coefficient (Wildman–Crippen LogP) is 1.39. The number of nitrogens with zero attached hydrogens (tertiary/aromatic N) is 3. The molecule has 0 aliphatic carbocycles. The predicted molar refractivity (Wildman–Crippen MR) is 90.1 cm³/mol. The van der Waals surface area contributed by atoms with Crippen LogP contribution in [0.25, 0.3) is 0 Å². The van der Waals surface area contributed by atoms with Gasteiger partial charge in [0.25, 0.3) is 0 Å². The van der Waals surface area contributed by atoms with Crippen LogP contribution >= 0.6 is 24.0 Å². The van der Waals surface area contributed by atoms with E-state index in [0.29, 0.717) is 13.0 Å². The van der Waals surface area contributed by atoms with E-state index < -0.39 is 0 Å². The van der Waals surface area contributed by atoms with Gasteiger partial charge in [-0.15, -0.1) is 24.0 Å². The summed E-state index contributed by atoms with van der Waals surface area (Å²) in [6.45, 7) is 5.06. The van der Waals surface area contributed by atoms with E-state index in [1.165, 1.54) is 12.8 Å². The summed E-state index contributed by atoms with van der Waals surface area (Å²) in [5.41, 5.74) is 0. The number of likely N-dealkylation sites (tertiary alicyclic amines) is 1. The third-order valence-electron chi connectivity index (χ3n) is 3.42. The van der Waals surface area contributed by atoms with Crippen molar-refractivity contribution in [1.82, 2.24) is 15.1 Å². The second-order valence-electron chi connectivity index (χ2n) is 5.18. The van der Waals surface area contributed by atoms with Gasteiger partial charge >= 0.3 is 0 Å². The summed E-state index contributed by atoms with van der Waals surface area (Å²) in [5.74, 6) is 1.88. The Balaban J connectivity index is 0.00000324. The molecule has 0 atom stereocenters. The molecule has 0 aromatic rings. The van der Waals surface area contributed by atoms with Crippen LogP contribution in [-0.2, 0) is 4.79 Å². The fourth-order valence-corrected chi connectivity index (χ4v) is 2.06. The van der Waals surface area contributed by atoms with Crippen molar-refractivity contribution in [2.45, 2.75) is 26.2 Å². The highest BCUT2D eigenvalue weighted by Crippen LogP contribution is 2.15. The number of halogens is 1. The van der Waals surface area contributed by atoms with E-state index in [2.05, 4.69) is 22.1 Å². The number of aliphatic imine (C=N–C) groups is 1. The number of carbonyl (C=O) groups excluding carboxylic acids is 1. The first-order chi connectivity index (χ1) is 8.54. The van der Waals surface area contributed by atoms with Crippen LogP contribution in [0.15, 0.2) is 4.99 Å². The van der Waals surface area contributed by atoms with E-state index in [9.17, 15) is 4.79 Å². The van der Waals surface area contributed by atoms with Crippen LogP contribution in [0.5, 0.6) is 0 Å². The molecule has 1 aliphatic rings. The van der Waals surface area contributed by atoms with Gasteiger partial charge in [-0.3, -0.25) is 9.79 Å². The standard InChI is InChI=1S/C13H26N4O.HI/c1-11-6-9-17(10-7-11)13(14-2)15-8-5-12(18)16(3)4;/h11H,5-10H2,1-4H3,(H,14,15);1H. The zero-order valence-electron chi connectivity index (χ0n) is 12.5. The SMILES string of the molecule is CN=C(NCCC(=O)N(C)C)N1CCC(C)CC1.I. The van der Waals surface area contributed by atoms with Crippen molar-refractivity contribution in [2.75, 3.05) is 40.8 Å². The van der Waals surface area contributed by atoms with Gasteiger partial charge in [-0.1, -0.05) is 6.92 Å². The minimum atomic E-state index is 0. The highest BCUT2D eigenvalue weighted by molar-refractivity contribution is 14.0. The first-order valence-corrected chi connectivity index (χ1v) is 6.70. The summed E-state index contributed by atoms with van der Waals surface area (Å²) in [6, 6.07) is 0. The molecule has 1 rings (SSSR count). The van der Waals surface area contributed by atoms with Crippen LogP contribution < -0.4 is 5.32 Å². The molecule has 0 saturated carbocycles. The third kappa shape index (κ3) is 6.44. The number of nitrogens with one attached hydrogen (secondary N) is 1. The van der Waals surface area contributed by atoms with Crippen molar-refractivity contribution in [3.8, 4) is 0 Å². The molecular weight excluding hydrogens is 355 g/mol. The number of hydrogen-bond donors (Lipinski definition) is 1. The summed E-state index contributed by atoms with van der Waals surface area (Å²) in [6.07, 6.45) is 2.95. The lowest BCUT2D eigenvalue weighted by Gasteiger charge is -2.32. The Hall–Kier alpha value is -0.530. The second kappa shape index (κ2) is 9.39. The Morgan fingerprint density at radius 2 is 1.95 bits per heavy atom. The van der Waals surface area contributed by atoms with E-state index in [1.54, 1.807) is 26.0 Å². The van der Waals surface area contributed by atoms with Crippen molar-refractivity contribution in [3.05, 3.63) is 0 Å². The van der Waals surface area contributed by atoms with E-state index in [0.717, 1.165) is 25.0 Å². The van der Waals surface area contributed by atoms with Gasteiger partial charge in [0, 0.05) is 47.2 Å². The molecule has 1 aliphatic heterocycles. The largest absolute Gasteiger partial charge is 0.356 e. The Labute approximate surface area is 133 Å². The molecule has 6 heteroatoms. The molecule has 1 saturated heterocycles. The Morgan fingerprint density at radius 3 is 2.42 bits per heavy atom. The van der Waals surface area contributed by atoms with E-state index >= 15 is 0 Å². The summed E-state index contributed by atoms with van der Waals surface area (Å²) < 4.78 is 0. The fraction of sp³-hybridized carbons (Fsp3) is 0.846. The van der Waals surface area contributed by atoms with E-state index in [4.69, 9.17) is 0 Å². The molecule has 1 N–H and O–H groups in total. The normalized spacial score (nSPS) is 16.8. The molecule has 0 spiro atoms. The zero-order chi connectivity index (χ0) is 13.5.